The van der Waals surface area contributed by atoms with Gasteiger partial charge < -0.3 is 10.2 Å². The Labute approximate surface area is 274 Å². The summed E-state index contributed by atoms with van der Waals surface area (Å²) >= 11 is 0. The number of amides is 2. The van der Waals surface area contributed by atoms with E-state index >= 15 is 0 Å². The molecule has 0 aliphatic heterocycles. The molecule has 2 amide bonds. The molecule has 4 aromatic rings. The molecular weight excluding hydrogens is 595 g/mol. The number of aryl methyl sites for hydroxylation is 4. The van der Waals surface area contributed by atoms with Crippen molar-refractivity contribution in [3.63, 3.8) is 0 Å². The number of nitrogens with zero attached hydrogens (tertiary/aromatic N) is 2. The monoisotopic (exact) mass is 639 g/mol. The third-order valence-corrected chi connectivity index (χ3v) is 9.92. The van der Waals surface area contributed by atoms with Gasteiger partial charge in [0.25, 0.3) is 10.0 Å². The van der Waals surface area contributed by atoms with Crippen molar-refractivity contribution in [1.82, 2.24) is 10.2 Å². The number of hydrogen-bond donors (Lipinski definition) is 1. The lowest BCUT2D eigenvalue weighted by Gasteiger charge is -2.34. The number of nitrogens with one attached hydrogen (secondary N) is 1. The van der Waals surface area contributed by atoms with Crippen molar-refractivity contribution in [2.24, 2.45) is 0 Å². The van der Waals surface area contributed by atoms with Crippen LogP contribution in [0.1, 0.15) is 53.6 Å². The van der Waals surface area contributed by atoms with Crippen LogP contribution in [-0.2, 0) is 32.6 Å². The van der Waals surface area contributed by atoms with Crippen LogP contribution in [0.4, 0.5) is 5.69 Å². The molecule has 0 aliphatic carbocycles. The van der Waals surface area contributed by atoms with Gasteiger partial charge in [-0.2, -0.15) is 0 Å². The second-order valence-corrected chi connectivity index (χ2v) is 14.1. The standard InChI is InChI=1S/C38H45N3O4S/c1-7-31(6)39-38(43)36(24-32-11-9-8-10-12-32)40(25-33-17-13-27(2)14-18-33)37(42)26-41(34-22-29(4)21-30(5)23-34)46(44,45)35-19-15-28(3)16-20-35/h8-23,31,36H,7,24-26H2,1-6H3,(H,39,43). The molecule has 2 unspecified atom stereocenters. The molecular formula is C38H45N3O4S. The predicted octanol–water partition coefficient (Wildman–Crippen LogP) is 6.67. The molecule has 0 saturated heterocycles. The van der Waals surface area contributed by atoms with E-state index in [1.54, 1.807) is 36.4 Å². The molecule has 4 rings (SSSR count). The molecule has 0 radical (unpaired) electrons. The summed E-state index contributed by atoms with van der Waals surface area (Å²) in [5.74, 6) is -0.756. The highest BCUT2D eigenvalue weighted by atomic mass is 32.2. The van der Waals surface area contributed by atoms with Gasteiger partial charge in [0, 0.05) is 19.0 Å². The van der Waals surface area contributed by atoms with Crippen molar-refractivity contribution >= 4 is 27.5 Å². The molecule has 0 heterocycles. The van der Waals surface area contributed by atoms with Gasteiger partial charge in [0.15, 0.2) is 0 Å². The fourth-order valence-corrected chi connectivity index (χ4v) is 6.74. The van der Waals surface area contributed by atoms with Gasteiger partial charge in [0.1, 0.15) is 12.6 Å². The van der Waals surface area contributed by atoms with Gasteiger partial charge in [-0.25, -0.2) is 8.42 Å². The van der Waals surface area contributed by atoms with Crippen LogP contribution in [0.5, 0.6) is 0 Å². The zero-order valence-electron chi connectivity index (χ0n) is 27.7. The maximum Gasteiger partial charge on any atom is 0.264 e. The predicted molar refractivity (Wildman–Crippen MR) is 185 cm³/mol. The van der Waals surface area contributed by atoms with E-state index in [0.29, 0.717) is 5.69 Å². The minimum atomic E-state index is -4.15. The van der Waals surface area contributed by atoms with E-state index in [0.717, 1.165) is 39.8 Å². The minimum Gasteiger partial charge on any atom is -0.352 e. The zero-order chi connectivity index (χ0) is 33.4. The molecule has 7 nitrogen and oxygen atoms in total. The smallest absolute Gasteiger partial charge is 0.264 e. The minimum absolute atomic E-state index is 0.0884. The number of rotatable bonds is 13. The fourth-order valence-electron chi connectivity index (χ4n) is 5.35. The first-order chi connectivity index (χ1) is 21.9. The SMILES string of the molecule is CCC(C)NC(=O)C(Cc1ccccc1)N(Cc1ccc(C)cc1)C(=O)CN(c1cc(C)cc(C)c1)S(=O)(=O)c1ccc(C)cc1. The first-order valence-electron chi connectivity index (χ1n) is 15.7. The van der Waals surface area contributed by atoms with Crippen LogP contribution in [0, 0.1) is 27.7 Å². The molecule has 242 valence electrons. The number of anilines is 1. The van der Waals surface area contributed by atoms with E-state index in [4.69, 9.17) is 0 Å². The van der Waals surface area contributed by atoms with Gasteiger partial charge in [-0.3, -0.25) is 13.9 Å². The lowest BCUT2D eigenvalue weighted by atomic mass is 10.0. The molecule has 46 heavy (non-hydrogen) atoms. The summed E-state index contributed by atoms with van der Waals surface area (Å²) in [6.45, 7) is 11.2. The molecule has 0 aliphatic rings. The van der Waals surface area contributed by atoms with Crippen LogP contribution in [0.3, 0.4) is 0 Å². The van der Waals surface area contributed by atoms with Crippen LogP contribution in [0.15, 0.2) is 102 Å². The normalized spacial score (nSPS) is 12.7. The number of sulfonamides is 1. The summed E-state index contributed by atoms with van der Waals surface area (Å²) in [7, 11) is -4.15. The first kappa shape index (κ1) is 34.4. The summed E-state index contributed by atoms with van der Waals surface area (Å²) in [6.07, 6.45) is 1.000. The molecule has 0 saturated carbocycles. The van der Waals surface area contributed by atoms with Crippen molar-refractivity contribution < 1.29 is 18.0 Å². The van der Waals surface area contributed by atoms with E-state index in [1.807, 2.05) is 102 Å². The third kappa shape index (κ3) is 8.85. The van der Waals surface area contributed by atoms with Gasteiger partial charge >= 0.3 is 0 Å². The second-order valence-electron chi connectivity index (χ2n) is 12.2. The number of hydrogen-bond acceptors (Lipinski definition) is 4. The van der Waals surface area contributed by atoms with Crippen molar-refractivity contribution in [2.75, 3.05) is 10.8 Å². The first-order valence-corrected chi connectivity index (χ1v) is 17.2. The quantitative estimate of drug-likeness (QED) is 0.177. The average Bonchev–Trinajstić information content (AvgIpc) is 3.02. The zero-order valence-corrected chi connectivity index (χ0v) is 28.5. The Morgan fingerprint density at radius 2 is 1.30 bits per heavy atom. The largest absolute Gasteiger partial charge is 0.352 e. The fraction of sp³-hybridized carbons (Fsp3) is 0.316. The highest BCUT2D eigenvalue weighted by Gasteiger charge is 2.35. The lowest BCUT2D eigenvalue weighted by molar-refractivity contribution is -0.140. The van der Waals surface area contributed by atoms with Gasteiger partial charge in [-0.1, -0.05) is 90.8 Å². The van der Waals surface area contributed by atoms with Crippen LogP contribution in [0.25, 0.3) is 0 Å². The Morgan fingerprint density at radius 3 is 1.87 bits per heavy atom. The van der Waals surface area contributed by atoms with Crippen LogP contribution >= 0.6 is 0 Å². The van der Waals surface area contributed by atoms with Crippen LogP contribution in [-0.4, -0.2) is 43.8 Å². The molecule has 0 bridgehead atoms. The molecule has 4 aromatic carbocycles. The molecule has 0 fully saturated rings. The van der Waals surface area contributed by atoms with Crippen molar-refractivity contribution in [3.8, 4) is 0 Å². The summed E-state index contributed by atoms with van der Waals surface area (Å²) < 4.78 is 29.7. The second kappa shape index (κ2) is 15.2. The van der Waals surface area contributed by atoms with E-state index in [2.05, 4.69) is 5.32 Å². The lowest BCUT2D eigenvalue weighted by Crippen LogP contribution is -2.54. The average molecular weight is 640 g/mol. The number of benzene rings is 4. The van der Waals surface area contributed by atoms with Crippen LogP contribution in [0.2, 0.25) is 0 Å². The van der Waals surface area contributed by atoms with Gasteiger partial charge in [-0.15, -0.1) is 0 Å². The van der Waals surface area contributed by atoms with Crippen molar-refractivity contribution in [2.45, 2.75) is 77.9 Å². The summed E-state index contributed by atoms with van der Waals surface area (Å²) in [6, 6.07) is 28.5. The van der Waals surface area contributed by atoms with Gasteiger partial charge in [0.2, 0.25) is 11.8 Å². The Hall–Kier alpha value is -4.43. The van der Waals surface area contributed by atoms with Gasteiger partial charge in [0.05, 0.1) is 10.6 Å². The maximum absolute atomic E-state index is 14.6. The van der Waals surface area contributed by atoms with E-state index in [1.165, 1.54) is 9.21 Å². The molecule has 2 atom stereocenters. The Kier molecular flexibility index (Phi) is 11.4. The topological polar surface area (TPSA) is 86.8 Å². The van der Waals surface area contributed by atoms with E-state index in [9.17, 15) is 18.0 Å². The maximum atomic E-state index is 14.6. The molecule has 0 aromatic heterocycles. The molecule has 8 heteroatoms. The number of carbonyl (C=O) groups is 2. The third-order valence-electron chi connectivity index (χ3n) is 8.13. The van der Waals surface area contributed by atoms with E-state index < -0.39 is 28.5 Å². The Morgan fingerprint density at radius 1 is 0.739 bits per heavy atom. The Bertz CT molecular complexity index is 1720. The number of carbonyl (C=O) groups excluding carboxylic acids is 2. The van der Waals surface area contributed by atoms with Crippen molar-refractivity contribution in [1.29, 1.82) is 0 Å². The highest BCUT2D eigenvalue weighted by molar-refractivity contribution is 7.92. The Balaban J connectivity index is 1.83. The van der Waals surface area contributed by atoms with Crippen molar-refractivity contribution in [3.05, 3.63) is 130 Å². The highest BCUT2D eigenvalue weighted by Crippen LogP contribution is 2.27. The summed E-state index contributed by atoms with van der Waals surface area (Å²) in [5, 5.41) is 3.08. The summed E-state index contributed by atoms with van der Waals surface area (Å²) in [4.78, 5) is 30.2. The van der Waals surface area contributed by atoms with E-state index in [-0.39, 0.29) is 29.8 Å². The van der Waals surface area contributed by atoms with Gasteiger partial charge in [-0.05, 0) is 87.6 Å². The molecule has 1 N–H and O–H groups in total. The van der Waals surface area contributed by atoms with Crippen LogP contribution < -0.4 is 9.62 Å². The molecule has 0 spiro atoms. The summed E-state index contributed by atoms with van der Waals surface area (Å²) in [5.41, 5.74) is 5.87.